The van der Waals surface area contributed by atoms with Crippen molar-refractivity contribution in [2.75, 3.05) is 5.32 Å². The Bertz CT molecular complexity index is 641. The van der Waals surface area contributed by atoms with Gasteiger partial charge in [0, 0.05) is 22.9 Å². The maximum atomic E-state index is 12.7. The lowest BCUT2D eigenvalue weighted by Gasteiger charge is -2.31. The second-order valence-electron chi connectivity index (χ2n) is 7.52. The van der Waals surface area contributed by atoms with E-state index in [1.807, 2.05) is 6.20 Å². The van der Waals surface area contributed by atoms with E-state index in [-0.39, 0.29) is 10.8 Å². The summed E-state index contributed by atoms with van der Waals surface area (Å²) in [4.78, 5) is 12.7. The van der Waals surface area contributed by atoms with Crippen LogP contribution in [-0.2, 0) is 4.79 Å². The van der Waals surface area contributed by atoms with Gasteiger partial charge in [-0.1, -0.05) is 26.8 Å². The van der Waals surface area contributed by atoms with E-state index in [2.05, 4.69) is 58.1 Å². The monoisotopic (exact) mass is 283 g/mol. The van der Waals surface area contributed by atoms with E-state index in [0.717, 1.165) is 24.1 Å². The van der Waals surface area contributed by atoms with Gasteiger partial charge in [0.05, 0.1) is 0 Å². The van der Waals surface area contributed by atoms with Crippen LogP contribution < -0.4 is 5.32 Å². The highest BCUT2D eigenvalue weighted by Gasteiger charge is 2.63. The molecule has 0 amide bonds. The van der Waals surface area contributed by atoms with Crippen LogP contribution in [0.2, 0.25) is 0 Å². The molecule has 2 saturated carbocycles. The van der Waals surface area contributed by atoms with E-state index in [1.165, 1.54) is 11.1 Å². The Hall–Kier alpha value is -1.57. The van der Waals surface area contributed by atoms with Gasteiger partial charge in [0.15, 0.2) is 5.78 Å². The fraction of sp³-hybridized carbons (Fsp3) is 0.526. The molecule has 3 rings (SSSR count). The lowest BCUT2D eigenvalue weighted by molar-refractivity contribution is -0.125. The molecule has 0 unspecified atom stereocenters. The predicted molar refractivity (Wildman–Crippen MR) is 87.2 cm³/mol. The van der Waals surface area contributed by atoms with E-state index in [1.54, 1.807) is 0 Å². The zero-order valence-corrected chi connectivity index (χ0v) is 13.7. The number of carbonyl (C=O) groups excluding carboxylic acids is 1. The third-order valence-electron chi connectivity index (χ3n) is 6.27. The zero-order chi connectivity index (χ0) is 15.4. The van der Waals surface area contributed by atoms with Crippen LogP contribution in [-0.4, -0.2) is 5.78 Å². The molecule has 2 aliphatic rings. The Morgan fingerprint density at radius 1 is 1.19 bits per heavy atom. The number of rotatable bonds is 2. The molecule has 1 N–H and O–H groups in total. The summed E-state index contributed by atoms with van der Waals surface area (Å²) in [7, 11) is 0. The number of allylic oxidation sites excluding steroid dienone is 1. The number of hydrogen-bond acceptors (Lipinski definition) is 2. The number of aryl methyl sites for hydroxylation is 2. The van der Waals surface area contributed by atoms with Crippen molar-refractivity contribution in [3.63, 3.8) is 0 Å². The first kappa shape index (κ1) is 14.4. The first-order chi connectivity index (χ1) is 9.77. The standard InChI is InChI=1S/C19H25NO/c1-12-6-7-14(10-13(12)2)20-11-15-16-8-9-19(5,17(15)21)18(16,3)4/h6-7,10-11,16,20H,8-9H2,1-5H3/b15-11-/t16-,19-/m1/s1. The molecule has 2 bridgehead atoms. The van der Waals surface area contributed by atoms with Crippen LogP contribution in [0, 0.1) is 30.6 Å². The second kappa shape index (κ2) is 4.46. The molecule has 2 heteroatoms. The third kappa shape index (κ3) is 1.88. The van der Waals surface area contributed by atoms with Crippen molar-refractivity contribution in [3.8, 4) is 0 Å². The maximum Gasteiger partial charge on any atom is 0.167 e. The molecular weight excluding hydrogens is 258 g/mol. The van der Waals surface area contributed by atoms with E-state index in [9.17, 15) is 4.79 Å². The van der Waals surface area contributed by atoms with E-state index in [4.69, 9.17) is 0 Å². The third-order valence-corrected chi connectivity index (χ3v) is 6.27. The molecule has 0 aliphatic heterocycles. The van der Waals surface area contributed by atoms with Crippen LogP contribution in [0.4, 0.5) is 5.69 Å². The SMILES string of the molecule is Cc1ccc(N/C=C2\C(=O)[C@@]3(C)CC[C@H]2C3(C)C)cc1C. The largest absolute Gasteiger partial charge is 0.361 e. The Morgan fingerprint density at radius 2 is 1.90 bits per heavy atom. The lowest BCUT2D eigenvalue weighted by Crippen LogP contribution is -2.32. The van der Waals surface area contributed by atoms with Gasteiger partial charge < -0.3 is 5.32 Å². The minimum absolute atomic E-state index is 0.0841. The zero-order valence-electron chi connectivity index (χ0n) is 13.7. The number of benzene rings is 1. The molecule has 0 radical (unpaired) electrons. The lowest BCUT2D eigenvalue weighted by atomic mass is 9.70. The van der Waals surface area contributed by atoms with Crippen molar-refractivity contribution in [3.05, 3.63) is 41.1 Å². The molecule has 2 atom stereocenters. The first-order valence-electron chi connectivity index (χ1n) is 7.86. The molecule has 2 aliphatic carbocycles. The molecule has 112 valence electrons. The fourth-order valence-corrected chi connectivity index (χ4v) is 4.09. The average molecular weight is 283 g/mol. The topological polar surface area (TPSA) is 29.1 Å². The number of nitrogens with one attached hydrogen (secondary N) is 1. The number of Topliss-reactive ketones (excluding diaryl/α,β-unsaturated/α-hetero) is 1. The van der Waals surface area contributed by atoms with E-state index in [0.29, 0.717) is 11.7 Å². The molecule has 0 heterocycles. The van der Waals surface area contributed by atoms with Crippen molar-refractivity contribution in [2.24, 2.45) is 16.7 Å². The summed E-state index contributed by atoms with van der Waals surface area (Å²) in [5.41, 5.74) is 4.52. The molecule has 2 nitrogen and oxygen atoms in total. The number of carbonyl (C=O) groups is 1. The van der Waals surface area contributed by atoms with Crippen molar-refractivity contribution in [2.45, 2.75) is 47.5 Å². The van der Waals surface area contributed by atoms with Gasteiger partial charge in [0.25, 0.3) is 0 Å². The van der Waals surface area contributed by atoms with Crippen LogP contribution >= 0.6 is 0 Å². The maximum absolute atomic E-state index is 12.7. The Balaban J connectivity index is 1.88. The first-order valence-corrected chi connectivity index (χ1v) is 7.86. The van der Waals surface area contributed by atoms with Gasteiger partial charge >= 0.3 is 0 Å². The van der Waals surface area contributed by atoms with Gasteiger partial charge in [-0.2, -0.15) is 0 Å². The highest BCUT2D eigenvalue weighted by atomic mass is 16.1. The summed E-state index contributed by atoms with van der Waals surface area (Å²) in [6, 6.07) is 6.32. The molecule has 0 aromatic heterocycles. The summed E-state index contributed by atoms with van der Waals surface area (Å²) >= 11 is 0. The molecule has 0 spiro atoms. The number of hydrogen-bond donors (Lipinski definition) is 1. The Labute approximate surface area is 127 Å². The van der Waals surface area contributed by atoms with Gasteiger partial charge in [-0.05, 0) is 61.3 Å². The summed E-state index contributed by atoms with van der Waals surface area (Å²) < 4.78 is 0. The fourth-order valence-electron chi connectivity index (χ4n) is 4.09. The van der Waals surface area contributed by atoms with Crippen molar-refractivity contribution in [1.82, 2.24) is 0 Å². The number of fused-ring (bicyclic) bond motifs is 2. The van der Waals surface area contributed by atoms with Gasteiger partial charge in [0.2, 0.25) is 0 Å². The van der Waals surface area contributed by atoms with Gasteiger partial charge in [-0.15, -0.1) is 0 Å². The summed E-state index contributed by atoms with van der Waals surface area (Å²) in [5.74, 6) is 0.745. The molecule has 1 aromatic rings. The smallest absolute Gasteiger partial charge is 0.167 e. The highest BCUT2D eigenvalue weighted by Crippen LogP contribution is 2.65. The van der Waals surface area contributed by atoms with E-state index < -0.39 is 0 Å². The van der Waals surface area contributed by atoms with Crippen LogP contribution in [0.3, 0.4) is 0 Å². The van der Waals surface area contributed by atoms with Gasteiger partial charge in [0.1, 0.15) is 0 Å². The predicted octanol–water partition coefficient (Wildman–Crippen LogP) is 4.62. The van der Waals surface area contributed by atoms with Crippen LogP contribution in [0.1, 0.15) is 44.7 Å². The van der Waals surface area contributed by atoms with Crippen molar-refractivity contribution >= 4 is 11.5 Å². The van der Waals surface area contributed by atoms with Crippen LogP contribution in [0.25, 0.3) is 0 Å². The number of ketones is 1. The molecule has 1 aromatic carbocycles. The quantitative estimate of drug-likeness (QED) is 0.802. The second-order valence-corrected chi connectivity index (χ2v) is 7.52. The minimum atomic E-state index is -0.172. The molecular formula is C19H25NO. The van der Waals surface area contributed by atoms with Gasteiger partial charge in [-0.3, -0.25) is 4.79 Å². The Morgan fingerprint density at radius 3 is 2.48 bits per heavy atom. The molecule has 0 saturated heterocycles. The van der Waals surface area contributed by atoms with Crippen LogP contribution in [0.5, 0.6) is 0 Å². The number of anilines is 1. The summed E-state index contributed by atoms with van der Waals surface area (Å²) in [6.07, 6.45) is 4.13. The summed E-state index contributed by atoms with van der Waals surface area (Å²) in [5, 5.41) is 3.34. The Kier molecular flexibility index (Phi) is 3.05. The molecule has 2 fully saturated rings. The van der Waals surface area contributed by atoms with Gasteiger partial charge in [-0.25, -0.2) is 0 Å². The normalized spacial score (nSPS) is 32.0. The van der Waals surface area contributed by atoms with Crippen LogP contribution in [0.15, 0.2) is 30.0 Å². The molecule has 21 heavy (non-hydrogen) atoms. The average Bonchev–Trinajstić information content (AvgIpc) is 2.73. The minimum Gasteiger partial charge on any atom is -0.361 e. The summed E-state index contributed by atoms with van der Waals surface area (Å²) in [6.45, 7) is 10.9. The van der Waals surface area contributed by atoms with Crippen molar-refractivity contribution in [1.29, 1.82) is 0 Å². The van der Waals surface area contributed by atoms with E-state index >= 15 is 0 Å². The highest BCUT2D eigenvalue weighted by molar-refractivity contribution is 6.04. The van der Waals surface area contributed by atoms with Crippen molar-refractivity contribution < 1.29 is 4.79 Å².